The minimum Gasteiger partial charge on any atom is -0.495 e. The molecule has 5 heteroatoms. The zero-order valence-corrected chi connectivity index (χ0v) is 12.4. The number of halogens is 1. The van der Waals surface area contributed by atoms with E-state index in [1.165, 1.54) is 4.68 Å². The van der Waals surface area contributed by atoms with Crippen molar-refractivity contribution in [3.63, 3.8) is 0 Å². The SMILES string of the molecule is COc1ccc(-c2nn(C)c(=O)c3ccccc23)cc1Cl. The number of methoxy groups -OCH3 is 1. The zero-order valence-electron chi connectivity index (χ0n) is 11.6. The Morgan fingerprint density at radius 1 is 1.14 bits per heavy atom. The molecular formula is C16H13ClN2O2. The molecule has 3 rings (SSSR count). The molecule has 0 atom stereocenters. The van der Waals surface area contributed by atoms with E-state index < -0.39 is 0 Å². The van der Waals surface area contributed by atoms with E-state index in [2.05, 4.69) is 5.10 Å². The van der Waals surface area contributed by atoms with Gasteiger partial charge in [-0.2, -0.15) is 5.10 Å². The van der Waals surface area contributed by atoms with Crippen LogP contribution in [0.3, 0.4) is 0 Å². The Morgan fingerprint density at radius 3 is 2.52 bits per heavy atom. The Bertz CT molecular complexity index is 887. The summed E-state index contributed by atoms with van der Waals surface area (Å²) in [5, 5.41) is 6.32. The van der Waals surface area contributed by atoms with Crippen molar-refractivity contribution in [2.75, 3.05) is 7.11 Å². The largest absolute Gasteiger partial charge is 0.495 e. The molecule has 0 spiro atoms. The molecule has 0 N–H and O–H groups in total. The van der Waals surface area contributed by atoms with E-state index in [0.29, 0.717) is 16.2 Å². The molecular weight excluding hydrogens is 288 g/mol. The fourth-order valence-corrected chi connectivity index (χ4v) is 2.58. The highest BCUT2D eigenvalue weighted by molar-refractivity contribution is 6.32. The molecule has 106 valence electrons. The average Bonchev–Trinajstić information content (AvgIpc) is 2.51. The Morgan fingerprint density at radius 2 is 1.86 bits per heavy atom. The van der Waals surface area contributed by atoms with E-state index in [4.69, 9.17) is 16.3 Å². The number of aryl methyl sites for hydroxylation is 1. The lowest BCUT2D eigenvalue weighted by atomic mass is 10.0. The van der Waals surface area contributed by atoms with Crippen LogP contribution in [0.5, 0.6) is 5.75 Å². The number of hydrogen-bond donors (Lipinski definition) is 0. The summed E-state index contributed by atoms with van der Waals surface area (Å²) in [5.74, 6) is 0.606. The third-order valence-corrected chi connectivity index (χ3v) is 3.68. The molecule has 0 saturated heterocycles. The van der Waals surface area contributed by atoms with Gasteiger partial charge in [-0.25, -0.2) is 4.68 Å². The zero-order chi connectivity index (χ0) is 15.0. The van der Waals surface area contributed by atoms with Crippen molar-refractivity contribution in [3.8, 4) is 17.0 Å². The fraction of sp³-hybridized carbons (Fsp3) is 0.125. The summed E-state index contributed by atoms with van der Waals surface area (Å²) in [6, 6.07) is 12.9. The quantitative estimate of drug-likeness (QED) is 0.729. The number of aromatic nitrogens is 2. The molecule has 0 aliphatic carbocycles. The number of rotatable bonds is 2. The van der Waals surface area contributed by atoms with Crippen LogP contribution in [0.4, 0.5) is 0 Å². The van der Waals surface area contributed by atoms with Crippen LogP contribution < -0.4 is 10.3 Å². The van der Waals surface area contributed by atoms with Crippen molar-refractivity contribution in [2.24, 2.45) is 7.05 Å². The second-order valence-electron chi connectivity index (χ2n) is 4.67. The van der Waals surface area contributed by atoms with Gasteiger partial charge in [-0.1, -0.05) is 29.8 Å². The molecule has 0 aliphatic rings. The molecule has 1 aromatic heterocycles. The van der Waals surface area contributed by atoms with Crippen LogP contribution in [0, 0.1) is 0 Å². The molecule has 0 aliphatic heterocycles. The molecule has 0 saturated carbocycles. The average molecular weight is 301 g/mol. The molecule has 0 amide bonds. The van der Waals surface area contributed by atoms with E-state index in [-0.39, 0.29) is 5.56 Å². The standard InChI is InChI=1S/C16H13ClN2O2/c1-19-16(20)12-6-4-3-5-11(12)15(18-19)10-7-8-14(21-2)13(17)9-10/h3-9H,1-2H3. The van der Waals surface area contributed by atoms with Crippen molar-refractivity contribution >= 4 is 22.4 Å². The summed E-state index contributed by atoms with van der Waals surface area (Å²) in [6.07, 6.45) is 0. The molecule has 2 aromatic carbocycles. The Labute approximate surface area is 126 Å². The van der Waals surface area contributed by atoms with E-state index in [1.54, 1.807) is 32.4 Å². The smallest absolute Gasteiger partial charge is 0.274 e. The van der Waals surface area contributed by atoms with E-state index >= 15 is 0 Å². The van der Waals surface area contributed by atoms with Crippen LogP contribution in [0.2, 0.25) is 5.02 Å². The molecule has 4 nitrogen and oxygen atoms in total. The third kappa shape index (κ3) is 2.28. The van der Waals surface area contributed by atoms with Gasteiger partial charge >= 0.3 is 0 Å². The minimum atomic E-state index is -0.117. The minimum absolute atomic E-state index is 0.117. The second-order valence-corrected chi connectivity index (χ2v) is 5.08. The first-order chi connectivity index (χ1) is 10.1. The molecule has 0 radical (unpaired) electrons. The van der Waals surface area contributed by atoms with Gasteiger partial charge in [0.25, 0.3) is 5.56 Å². The van der Waals surface area contributed by atoms with E-state index in [0.717, 1.165) is 16.6 Å². The number of hydrogen-bond acceptors (Lipinski definition) is 3. The first kappa shape index (κ1) is 13.6. The lowest BCUT2D eigenvalue weighted by Gasteiger charge is -2.10. The predicted octanol–water partition coefficient (Wildman–Crippen LogP) is 3.26. The van der Waals surface area contributed by atoms with Crippen LogP contribution in [0.15, 0.2) is 47.3 Å². The van der Waals surface area contributed by atoms with Crippen LogP contribution in [-0.4, -0.2) is 16.9 Å². The number of fused-ring (bicyclic) bond motifs is 1. The van der Waals surface area contributed by atoms with Crippen LogP contribution in [0.1, 0.15) is 0 Å². The summed E-state index contributed by atoms with van der Waals surface area (Å²) in [5.41, 5.74) is 1.44. The molecule has 0 bridgehead atoms. The fourth-order valence-electron chi connectivity index (χ4n) is 2.33. The summed E-state index contributed by atoms with van der Waals surface area (Å²) in [4.78, 5) is 12.1. The van der Waals surface area contributed by atoms with Crippen molar-refractivity contribution in [1.29, 1.82) is 0 Å². The van der Waals surface area contributed by atoms with Gasteiger partial charge in [0.05, 0.1) is 23.2 Å². The summed E-state index contributed by atoms with van der Waals surface area (Å²) in [6.45, 7) is 0. The molecule has 21 heavy (non-hydrogen) atoms. The molecule has 1 heterocycles. The lowest BCUT2D eigenvalue weighted by Crippen LogP contribution is -2.20. The number of benzene rings is 2. The van der Waals surface area contributed by atoms with Crippen LogP contribution >= 0.6 is 11.6 Å². The highest BCUT2D eigenvalue weighted by atomic mass is 35.5. The van der Waals surface area contributed by atoms with Crippen LogP contribution in [0.25, 0.3) is 22.0 Å². The first-order valence-corrected chi connectivity index (χ1v) is 6.79. The Balaban J connectivity index is 2.33. The van der Waals surface area contributed by atoms with Gasteiger partial charge in [-0.15, -0.1) is 0 Å². The molecule has 0 unspecified atom stereocenters. The monoisotopic (exact) mass is 300 g/mol. The van der Waals surface area contributed by atoms with Gasteiger partial charge in [0.15, 0.2) is 0 Å². The first-order valence-electron chi connectivity index (χ1n) is 6.42. The van der Waals surface area contributed by atoms with Crippen molar-refractivity contribution in [2.45, 2.75) is 0 Å². The topological polar surface area (TPSA) is 44.1 Å². The maximum atomic E-state index is 12.1. The van der Waals surface area contributed by atoms with Crippen molar-refractivity contribution in [3.05, 3.63) is 57.8 Å². The van der Waals surface area contributed by atoms with Gasteiger partial charge in [0.2, 0.25) is 0 Å². The van der Waals surface area contributed by atoms with Gasteiger partial charge in [0, 0.05) is 18.0 Å². The van der Waals surface area contributed by atoms with Gasteiger partial charge < -0.3 is 4.74 Å². The van der Waals surface area contributed by atoms with Crippen molar-refractivity contribution in [1.82, 2.24) is 9.78 Å². The molecule has 3 aromatic rings. The van der Waals surface area contributed by atoms with Crippen LogP contribution in [-0.2, 0) is 7.05 Å². The maximum Gasteiger partial charge on any atom is 0.274 e. The number of nitrogens with zero attached hydrogens (tertiary/aromatic N) is 2. The summed E-state index contributed by atoms with van der Waals surface area (Å²) in [7, 11) is 3.21. The van der Waals surface area contributed by atoms with Gasteiger partial charge in [-0.05, 0) is 24.3 Å². The second kappa shape index (κ2) is 5.22. The van der Waals surface area contributed by atoms with Gasteiger partial charge in [-0.3, -0.25) is 4.79 Å². The highest BCUT2D eigenvalue weighted by Crippen LogP contribution is 2.31. The Kier molecular flexibility index (Phi) is 3.39. The third-order valence-electron chi connectivity index (χ3n) is 3.38. The Hall–Kier alpha value is -2.33. The lowest BCUT2D eigenvalue weighted by molar-refractivity contribution is 0.415. The summed E-state index contributed by atoms with van der Waals surface area (Å²) >= 11 is 6.18. The molecule has 0 fully saturated rings. The highest BCUT2D eigenvalue weighted by Gasteiger charge is 2.12. The normalized spacial score (nSPS) is 10.8. The number of ether oxygens (including phenoxy) is 1. The summed E-state index contributed by atoms with van der Waals surface area (Å²) < 4.78 is 6.50. The van der Waals surface area contributed by atoms with Gasteiger partial charge in [0.1, 0.15) is 5.75 Å². The predicted molar refractivity (Wildman–Crippen MR) is 84.0 cm³/mol. The van der Waals surface area contributed by atoms with E-state index in [9.17, 15) is 4.79 Å². The maximum absolute atomic E-state index is 12.1. The van der Waals surface area contributed by atoms with Crippen molar-refractivity contribution < 1.29 is 4.74 Å². The van der Waals surface area contributed by atoms with E-state index in [1.807, 2.05) is 24.3 Å².